The fourth-order valence-corrected chi connectivity index (χ4v) is 2.52. The maximum Gasteiger partial charge on any atom is 0.304 e. The second-order valence-corrected chi connectivity index (χ2v) is 5.19. The lowest BCUT2D eigenvalue weighted by atomic mass is 10.1. The highest BCUT2D eigenvalue weighted by Gasteiger charge is 2.27. The number of carbonyl (C=O) groups excluding carboxylic acids is 1. The van der Waals surface area contributed by atoms with Gasteiger partial charge in [0, 0.05) is 32.7 Å². The molecule has 7 heteroatoms. The molecule has 1 aliphatic heterocycles. The SMILES string of the molecule is CCc1noc(C)c1C(=O)N1CCN(CCC(=O)O)CC1. The average Bonchev–Trinajstić information content (AvgIpc) is 2.85. The summed E-state index contributed by atoms with van der Waals surface area (Å²) in [5, 5.41) is 12.6. The Balaban J connectivity index is 1.94. The van der Waals surface area contributed by atoms with Gasteiger partial charge in [-0.2, -0.15) is 0 Å². The van der Waals surface area contributed by atoms with Gasteiger partial charge in [-0.25, -0.2) is 0 Å². The number of piperazine rings is 1. The summed E-state index contributed by atoms with van der Waals surface area (Å²) in [5.41, 5.74) is 1.28. The summed E-state index contributed by atoms with van der Waals surface area (Å²) >= 11 is 0. The molecule has 7 nitrogen and oxygen atoms in total. The van der Waals surface area contributed by atoms with E-state index in [2.05, 4.69) is 10.1 Å². The van der Waals surface area contributed by atoms with Crippen LogP contribution >= 0.6 is 0 Å². The van der Waals surface area contributed by atoms with E-state index in [9.17, 15) is 9.59 Å². The lowest BCUT2D eigenvalue weighted by molar-refractivity contribution is -0.137. The van der Waals surface area contributed by atoms with Crippen molar-refractivity contribution in [2.45, 2.75) is 26.7 Å². The summed E-state index contributed by atoms with van der Waals surface area (Å²) in [6, 6.07) is 0. The number of carboxylic acid groups (broad SMARTS) is 1. The number of nitrogens with zero attached hydrogens (tertiary/aromatic N) is 3. The first kappa shape index (κ1) is 15.5. The minimum Gasteiger partial charge on any atom is -0.481 e. The third-order valence-corrected chi connectivity index (χ3v) is 3.78. The number of aliphatic carboxylic acids is 1. The lowest BCUT2D eigenvalue weighted by Crippen LogP contribution is -2.49. The van der Waals surface area contributed by atoms with Crippen LogP contribution in [0.2, 0.25) is 0 Å². The van der Waals surface area contributed by atoms with Crippen molar-refractivity contribution in [2.75, 3.05) is 32.7 Å². The molecule has 0 bridgehead atoms. The first-order chi connectivity index (χ1) is 10.0. The molecule has 0 unspecified atom stereocenters. The summed E-state index contributed by atoms with van der Waals surface area (Å²) < 4.78 is 5.11. The molecule has 1 aliphatic rings. The Hall–Kier alpha value is -1.89. The molecule has 1 saturated heterocycles. The van der Waals surface area contributed by atoms with Crippen LogP contribution in [0.15, 0.2) is 4.52 Å². The number of hydrogen-bond donors (Lipinski definition) is 1. The first-order valence-electron chi connectivity index (χ1n) is 7.21. The number of aryl methyl sites for hydroxylation is 2. The highest BCUT2D eigenvalue weighted by molar-refractivity contribution is 5.96. The van der Waals surface area contributed by atoms with E-state index in [0.29, 0.717) is 56.2 Å². The van der Waals surface area contributed by atoms with Crippen LogP contribution in [0.5, 0.6) is 0 Å². The van der Waals surface area contributed by atoms with Gasteiger partial charge in [0.05, 0.1) is 12.1 Å². The Morgan fingerprint density at radius 1 is 1.29 bits per heavy atom. The molecular formula is C14H21N3O4. The van der Waals surface area contributed by atoms with E-state index < -0.39 is 5.97 Å². The molecule has 116 valence electrons. The van der Waals surface area contributed by atoms with Gasteiger partial charge in [0.2, 0.25) is 0 Å². The van der Waals surface area contributed by atoms with E-state index in [0.717, 1.165) is 0 Å². The van der Waals surface area contributed by atoms with Crippen molar-refractivity contribution in [2.24, 2.45) is 0 Å². The van der Waals surface area contributed by atoms with Gasteiger partial charge in [0.1, 0.15) is 11.3 Å². The third kappa shape index (κ3) is 3.60. The van der Waals surface area contributed by atoms with Gasteiger partial charge in [-0.15, -0.1) is 0 Å². The quantitative estimate of drug-likeness (QED) is 0.863. The standard InChI is InChI=1S/C14H21N3O4/c1-3-11-13(10(2)21-15-11)14(20)17-8-6-16(7-9-17)5-4-12(18)19/h3-9H2,1-2H3,(H,18,19). The Morgan fingerprint density at radius 3 is 2.52 bits per heavy atom. The molecule has 0 aliphatic carbocycles. The summed E-state index contributed by atoms with van der Waals surface area (Å²) in [4.78, 5) is 27.0. The molecule has 1 amide bonds. The summed E-state index contributed by atoms with van der Waals surface area (Å²) in [6.07, 6.45) is 0.801. The van der Waals surface area contributed by atoms with Crippen molar-refractivity contribution in [3.8, 4) is 0 Å². The third-order valence-electron chi connectivity index (χ3n) is 3.78. The van der Waals surface area contributed by atoms with Crippen molar-refractivity contribution >= 4 is 11.9 Å². The van der Waals surface area contributed by atoms with Crippen molar-refractivity contribution in [3.05, 3.63) is 17.0 Å². The molecule has 0 spiro atoms. The predicted molar refractivity (Wildman–Crippen MR) is 75.2 cm³/mol. The summed E-state index contributed by atoms with van der Waals surface area (Å²) in [5.74, 6) is -0.269. The van der Waals surface area contributed by atoms with E-state index in [4.69, 9.17) is 9.63 Å². The zero-order valence-corrected chi connectivity index (χ0v) is 12.5. The minimum atomic E-state index is -0.791. The van der Waals surface area contributed by atoms with Gasteiger partial charge < -0.3 is 14.5 Å². The van der Waals surface area contributed by atoms with Crippen molar-refractivity contribution in [1.82, 2.24) is 15.0 Å². The molecule has 0 atom stereocenters. The van der Waals surface area contributed by atoms with Gasteiger partial charge >= 0.3 is 5.97 Å². The van der Waals surface area contributed by atoms with Crippen molar-refractivity contribution in [3.63, 3.8) is 0 Å². The van der Waals surface area contributed by atoms with Crippen molar-refractivity contribution in [1.29, 1.82) is 0 Å². The molecule has 1 aromatic rings. The number of aromatic nitrogens is 1. The molecule has 2 heterocycles. The highest BCUT2D eigenvalue weighted by atomic mass is 16.5. The smallest absolute Gasteiger partial charge is 0.304 e. The average molecular weight is 295 g/mol. The number of rotatable bonds is 5. The van der Waals surface area contributed by atoms with Crippen LogP contribution in [0, 0.1) is 6.92 Å². The molecule has 1 fully saturated rings. The van der Waals surface area contributed by atoms with Crippen LogP contribution in [0.3, 0.4) is 0 Å². The van der Waals surface area contributed by atoms with Crippen LogP contribution in [0.4, 0.5) is 0 Å². The Morgan fingerprint density at radius 2 is 1.95 bits per heavy atom. The molecule has 0 saturated carbocycles. The van der Waals surface area contributed by atoms with Crippen LogP contribution in [0.1, 0.15) is 35.2 Å². The summed E-state index contributed by atoms with van der Waals surface area (Å²) in [6.45, 7) is 6.83. The molecule has 1 N–H and O–H groups in total. The number of hydrogen-bond acceptors (Lipinski definition) is 5. The van der Waals surface area contributed by atoms with E-state index in [-0.39, 0.29) is 12.3 Å². The van der Waals surface area contributed by atoms with Crippen LogP contribution in [-0.2, 0) is 11.2 Å². The number of amides is 1. The van der Waals surface area contributed by atoms with Crippen molar-refractivity contribution < 1.29 is 19.2 Å². The highest BCUT2D eigenvalue weighted by Crippen LogP contribution is 2.17. The van der Waals surface area contributed by atoms with E-state index in [1.807, 2.05) is 6.92 Å². The molecule has 21 heavy (non-hydrogen) atoms. The summed E-state index contributed by atoms with van der Waals surface area (Å²) in [7, 11) is 0. The zero-order chi connectivity index (χ0) is 15.4. The molecule has 2 rings (SSSR count). The maximum atomic E-state index is 12.5. The van der Waals surface area contributed by atoms with Gasteiger partial charge in [-0.05, 0) is 13.3 Å². The number of carbonyl (C=O) groups is 2. The van der Waals surface area contributed by atoms with Crippen LogP contribution < -0.4 is 0 Å². The van der Waals surface area contributed by atoms with Crippen LogP contribution in [-0.4, -0.2) is 64.7 Å². The van der Waals surface area contributed by atoms with Gasteiger partial charge in [-0.1, -0.05) is 12.1 Å². The fraction of sp³-hybridized carbons (Fsp3) is 0.643. The topological polar surface area (TPSA) is 86.9 Å². The molecular weight excluding hydrogens is 274 g/mol. The Bertz CT molecular complexity index is 518. The van der Waals surface area contributed by atoms with Gasteiger partial charge in [0.25, 0.3) is 5.91 Å². The lowest BCUT2D eigenvalue weighted by Gasteiger charge is -2.34. The fourth-order valence-electron chi connectivity index (χ4n) is 2.52. The minimum absolute atomic E-state index is 0.0384. The maximum absolute atomic E-state index is 12.5. The molecule has 1 aromatic heterocycles. The Labute approximate surface area is 123 Å². The first-order valence-corrected chi connectivity index (χ1v) is 7.21. The normalized spacial score (nSPS) is 16.2. The second kappa shape index (κ2) is 6.71. The number of carboxylic acids is 1. The van der Waals surface area contributed by atoms with E-state index >= 15 is 0 Å². The predicted octanol–water partition coefficient (Wildman–Crippen LogP) is 0.778. The second-order valence-electron chi connectivity index (χ2n) is 5.19. The van der Waals surface area contributed by atoms with Gasteiger partial charge in [0.15, 0.2) is 0 Å². The largest absolute Gasteiger partial charge is 0.481 e. The molecule has 0 radical (unpaired) electrons. The van der Waals surface area contributed by atoms with Crippen LogP contribution in [0.25, 0.3) is 0 Å². The monoisotopic (exact) mass is 295 g/mol. The van der Waals surface area contributed by atoms with E-state index in [1.54, 1.807) is 11.8 Å². The zero-order valence-electron chi connectivity index (χ0n) is 12.5. The Kier molecular flexibility index (Phi) is 4.95. The van der Waals surface area contributed by atoms with E-state index in [1.165, 1.54) is 0 Å². The molecule has 0 aromatic carbocycles. The van der Waals surface area contributed by atoms with Gasteiger partial charge in [-0.3, -0.25) is 14.5 Å².